The lowest BCUT2D eigenvalue weighted by atomic mass is 10.2. The van der Waals surface area contributed by atoms with E-state index in [2.05, 4.69) is 9.97 Å². The molecule has 0 N–H and O–H groups in total. The Morgan fingerprint density at radius 3 is 2.79 bits per heavy atom. The number of nitrogens with zero attached hydrogens (tertiary/aromatic N) is 2. The van der Waals surface area contributed by atoms with Gasteiger partial charge >= 0.3 is 0 Å². The average Bonchev–Trinajstić information content (AvgIpc) is 2.48. The van der Waals surface area contributed by atoms with Gasteiger partial charge in [-0.25, -0.2) is 9.97 Å². The molecule has 3 aromatic rings. The molecule has 0 spiro atoms. The predicted octanol–water partition coefficient (Wildman–Crippen LogP) is 3.23. The highest BCUT2D eigenvalue weighted by molar-refractivity contribution is 5.83. The van der Waals surface area contributed by atoms with Crippen molar-refractivity contribution in [2.75, 3.05) is 0 Å². The highest BCUT2D eigenvalue weighted by Crippen LogP contribution is 2.26. The molecule has 0 unspecified atom stereocenters. The Hall–Kier alpha value is -2.75. The molecule has 0 fully saturated rings. The van der Waals surface area contributed by atoms with Crippen LogP contribution in [-0.4, -0.2) is 16.3 Å². The SMILES string of the molecule is O=Cc1cccc(Oc2ncnc3ccccc23)c1. The first-order chi connectivity index (χ1) is 9.36. The van der Waals surface area contributed by atoms with E-state index in [4.69, 9.17) is 4.74 Å². The smallest absolute Gasteiger partial charge is 0.230 e. The van der Waals surface area contributed by atoms with Crippen LogP contribution in [0.1, 0.15) is 10.4 Å². The van der Waals surface area contributed by atoms with E-state index in [-0.39, 0.29) is 0 Å². The number of carbonyl (C=O) groups is 1. The van der Waals surface area contributed by atoms with Gasteiger partial charge in [-0.3, -0.25) is 4.79 Å². The molecule has 3 rings (SSSR count). The van der Waals surface area contributed by atoms with Crippen molar-refractivity contribution in [1.29, 1.82) is 0 Å². The number of aldehydes is 1. The number of para-hydroxylation sites is 1. The topological polar surface area (TPSA) is 52.1 Å². The van der Waals surface area contributed by atoms with E-state index in [0.717, 1.165) is 17.2 Å². The Bertz CT molecular complexity index is 736. The Kier molecular flexibility index (Phi) is 2.90. The van der Waals surface area contributed by atoms with Crippen LogP contribution in [0.25, 0.3) is 10.9 Å². The monoisotopic (exact) mass is 250 g/mol. The van der Waals surface area contributed by atoms with Gasteiger partial charge in [-0.05, 0) is 24.3 Å². The maximum Gasteiger partial charge on any atom is 0.230 e. The molecule has 0 amide bonds. The minimum Gasteiger partial charge on any atom is -0.438 e. The van der Waals surface area contributed by atoms with E-state index in [1.807, 2.05) is 24.3 Å². The molecule has 1 heterocycles. The molecule has 0 atom stereocenters. The molecule has 19 heavy (non-hydrogen) atoms. The molecule has 0 radical (unpaired) electrons. The zero-order valence-corrected chi connectivity index (χ0v) is 9.98. The maximum absolute atomic E-state index is 10.7. The summed E-state index contributed by atoms with van der Waals surface area (Å²) < 4.78 is 5.72. The van der Waals surface area contributed by atoms with E-state index in [9.17, 15) is 4.79 Å². The first-order valence-corrected chi connectivity index (χ1v) is 5.79. The molecule has 0 aliphatic rings. The second-order valence-electron chi connectivity index (χ2n) is 3.99. The normalized spacial score (nSPS) is 10.3. The molecular formula is C15H10N2O2. The van der Waals surface area contributed by atoms with E-state index in [1.165, 1.54) is 6.33 Å². The second kappa shape index (κ2) is 4.86. The summed E-state index contributed by atoms with van der Waals surface area (Å²) in [6, 6.07) is 14.5. The summed E-state index contributed by atoms with van der Waals surface area (Å²) in [6.07, 6.45) is 2.24. The Balaban J connectivity index is 2.03. The molecule has 4 nitrogen and oxygen atoms in total. The van der Waals surface area contributed by atoms with Gasteiger partial charge in [0.1, 0.15) is 18.4 Å². The number of ether oxygens (including phenoxy) is 1. The minimum atomic E-state index is 0.480. The van der Waals surface area contributed by atoms with Gasteiger partial charge < -0.3 is 4.74 Å². The summed E-state index contributed by atoms with van der Waals surface area (Å²) in [5.41, 5.74) is 1.38. The summed E-state index contributed by atoms with van der Waals surface area (Å²) in [5, 5.41) is 0.835. The molecule has 0 saturated carbocycles. The molecule has 2 aromatic carbocycles. The van der Waals surface area contributed by atoms with Crippen LogP contribution in [0.15, 0.2) is 54.9 Å². The third-order valence-electron chi connectivity index (χ3n) is 2.71. The highest BCUT2D eigenvalue weighted by atomic mass is 16.5. The van der Waals surface area contributed by atoms with Gasteiger partial charge in [0.05, 0.1) is 10.9 Å². The van der Waals surface area contributed by atoms with Crippen LogP contribution in [0.4, 0.5) is 0 Å². The number of aromatic nitrogens is 2. The third-order valence-corrected chi connectivity index (χ3v) is 2.71. The number of hydrogen-bond acceptors (Lipinski definition) is 4. The van der Waals surface area contributed by atoms with Gasteiger partial charge in [-0.2, -0.15) is 0 Å². The maximum atomic E-state index is 10.7. The zero-order valence-electron chi connectivity index (χ0n) is 9.98. The van der Waals surface area contributed by atoms with Crippen molar-refractivity contribution in [3.63, 3.8) is 0 Å². The van der Waals surface area contributed by atoms with Gasteiger partial charge in [0.2, 0.25) is 5.88 Å². The first-order valence-electron chi connectivity index (χ1n) is 5.79. The van der Waals surface area contributed by atoms with Gasteiger partial charge in [0.15, 0.2) is 0 Å². The Morgan fingerprint density at radius 1 is 1.00 bits per heavy atom. The van der Waals surface area contributed by atoms with Gasteiger partial charge in [0, 0.05) is 5.56 Å². The fourth-order valence-electron chi connectivity index (χ4n) is 1.82. The van der Waals surface area contributed by atoms with E-state index in [0.29, 0.717) is 17.2 Å². The van der Waals surface area contributed by atoms with Crippen molar-refractivity contribution in [2.24, 2.45) is 0 Å². The zero-order chi connectivity index (χ0) is 13.1. The quantitative estimate of drug-likeness (QED) is 0.669. The molecule has 0 bridgehead atoms. The third kappa shape index (κ3) is 2.28. The molecule has 0 saturated heterocycles. The molecule has 0 aliphatic heterocycles. The average molecular weight is 250 g/mol. The van der Waals surface area contributed by atoms with Gasteiger partial charge in [-0.15, -0.1) is 0 Å². The van der Waals surface area contributed by atoms with Crippen molar-refractivity contribution in [1.82, 2.24) is 9.97 Å². The van der Waals surface area contributed by atoms with Crippen LogP contribution in [-0.2, 0) is 0 Å². The minimum absolute atomic E-state index is 0.480. The van der Waals surface area contributed by atoms with Crippen LogP contribution in [0.5, 0.6) is 11.6 Å². The lowest BCUT2D eigenvalue weighted by Gasteiger charge is -2.07. The molecular weight excluding hydrogens is 240 g/mol. The largest absolute Gasteiger partial charge is 0.438 e. The number of benzene rings is 2. The number of fused-ring (bicyclic) bond motifs is 1. The number of rotatable bonds is 3. The summed E-state index contributed by atoms with van der Waals surface area (Å²) in [5.74, 6) is 1.06. The summed E-state index contributed by atoms with van der Waals surface area (Å²) in [4.78, 5) is 19.0. The lowest BCUT2D eigenvalue weighted by Crippen LogP contribution is -1.91. The predicted molar refractivity (Wildman–Crippen MR) is 71.4 cm³/mol. The lowest BCUT2D eigenvalue weighted by molar-refractivity contribution is 0.112. The van der Waals surface area contributed by atoms with Gasteiger partial charge in [0.25, 0.3) is 0 Å². The van der Waals surface area contributed by atoms with Crippen LogP contribution >= 0.6 is 0 Å². The highest BCUT2D eigenvalue weighted by Gasteiger charge is 2.05. The standard InChI is InChI=1S/C15H10N2O2/c18-9-11-4-3-5-12(8-11)19-15-13-6-1-2-7-14(13)16-10-17-15/h1-10H. The molecule has 1 aromatic heterocycles. The van der Waals surface area contributed by atoms with Crippen molar-refractivity contribution >= 4 is 17.2 Å². The summed E-state index contributed by atoms with van der Waals surface area (Å²) >= 11 is 0. The van der Waals surface area contributed by atoms with E-state index in [1.54, 1.807) is 24.3 Å². The van der Waals surface area contributed by atoms with Crippen LogP contribution in [0, 0.1) is 0 Å². The molecule has 92 valence electrons. The van der Waals surface area contributed by atoms with E-state index < -0.39 is 0 Å². The molecule has 4 heteroatoms. The van der Waals surface area contributed by atoms with Crippen LogP contribution in [0.3, 0.4) is 0 Å². The van der Waals surface area contributed by atoms with E-state index >= 15 is 0 Å². The number of carbonyl (C=O) groups excluding carboxylic acids is 1. The second-order valence-corrected chi connectivity index (χ2v) is 3.99. The molecule has 0 aliphatic carbocycles. The Morgan fingerprint density at radius 2 is 1.89 bits per heavy atom. The number of hydrogen-bond donors (Lipinski definition) is 0. The fourth-order valence-corrected chi connectivity index (χ4v) is 1.82. The summed E-state index contributed by atoms with van der Waals surface area (Å²) in [6.45, 7) is 0. The first kappa shape index (κ1) is 11.3. The summed E-state index contributed by atoms with van der Waals surface area (Å²) in [7, 11) is 0. The van der Waals surface area contributed by atoms with Crippen LogP contribution in [0.2, 0.25) is 0 Å². The van der Waals surface area contributed by atoms with Crippen molar-refractivity contribution < 1.29 is 9.53 Å². The van der Waals surface area contributed by atoms with Crippen molar-refractivity contribution in [3.05, 3.63) is 60.4 Å². The van der Waals surface area contributed by atoms with Gasteiger partial charge in [-0.1, -0.05) is 24.3 Å². The fraction of sp³-hybridized carbons (Fsp3) is 0. The van der Waals surface area contributed by atoms with Crippen molar-refractivity contribution in [3.8, 4) is 11.6 Å². The van der Waals surface area contributed by atoms with Crippen molar-refractivity contribution in [2.45, 2.75) is 0 Å². The Labute approximate surface area is 109 Å². The van der Waals surface area contributed by atoms with Crippen LogP contribution < -0.4 is 4.74 Å².